The van der Waals surface area contributed by atoms with Gasteiger partial charge < -0.3 is 15.2 Å². The van der Waals surface area contributed by atoms with Crippen molar-refractivity contribution in [2.75, 3.05) is 19.9 Å². The summed E-state index contributed by atoms with van der Waals surface area (Å²) in [5, 5.41) is 0. The molecule has 128 valence electrons. The van der Waals surface area contributed by atoms with Gasteiger partial charge in [-0.1, -0.05) is 19.9 Å². The molecule has 0 spiro atoms. The standard InChI is InChI=1S/C12H18FNO.C3H6O2.C2H6/c1-9-3-4-12(15-6-5-13)8-11(9)7-10(2)14;1-2-5-3-4;1-2/h3-4,8,10H,5-7,14H2,1-2H3;3H,2H2,1H3;1-2H3/t10-;;/m0../s1. The molecule has 1 aromatic rings. The summed E-state index contributed by atoms with van der Waals surface area (Å²) in [5.74, 6) is 0.717. The summed E-state index contributed by atoms with van der Waals surface area (Å²) in [6.07, 6.45) is 0.818. The van der Waals surface area contributed by atoms with Gasteiger partial charge in [-0.05, 0) is 50.5 Å². The van der Waals surface area contributed by atoms with Gasteiger partial charge in [-0.2, -0.15) is 0 Å². The average Bonchev–Trinajstić information content (AvgIpc) is 2.51. The highest BCUT2D eigenvalue weighted by atomic mass is 19.1. The summed E-state index contributed by atoms with van der Waals surface area (Å²) in [6, 6.07) is 5.90. The molecule has 0 heterocycles. The lowest BCUT2D eigenvalue weighted by Gasteiger charge is -2.11. The SMILES string of the molecule is CC.CCOC=O.Cc1ccc(OCCF)cc1C[C@H](C)N. The zero-order valence-electron chi connectivity index (χ0n) is 14.4. The summed E-state index contributed by atoms with van der Waals surface area (Å²) < 4.78 is 21.3. The van der Waals surface area contributed by atoms with E-state index in [0.717, 1.165) is 6.42 Å². The van der Waals surface area contributed by atoms with Crippen LogP contribution in [0.2, 0.25) is 0 Å². The van der Waals surface area contributed by atoms with Gasteiger partial charge in [0.25, 0.3) is 6.47 Å². The van der Waals surface area contributed by atoms with Crippen molar-refractivity contribution in [1.82, 2.24) is 0 Å². The van der Waals surface area contributed by atoms with Crippen LogP contribution in [0, 0.1) is 6.92 Å². The maximum Gasteiger partial charge on any atom is 0.293 e. The minimum Gasteiger partial charge on any atom is -0.491 e. The van der Waals surface area contributed by atoms with E-state index in [-0.39, 0.29) is 12.6 Å². The Bertz CT molecular complexity index is 384. The van der Waals surface area contributed by atoms with Gasteiger partial charge in [0, 0.05) is 6.04 Å². The van der Waals surface area contributed by atoms with Crippen LogP contribution in [0.1, 0.15) is 38.8 Å². The fourth-order valence-electron chi connectivity index (χ4n) is 1.53. The molecule has 0 radical (unpaired) electrons. The number of hydrogen-bond donors (Lipinski definition) is 1. The first-order chi connectivity index (χ1) is 10.5. The van der Waals surface area contributed by atoms with Crippen molar-refractivity contribution in [1.29, 1.82) is 0 Å². The lowest BCUT2D eigenvalue weighted by Crippen LogP contribution is -2.18. The molecule has 0 amide bonds. The second-order valence-corrected chi connectivity index (χ2v) is 4.36. The Hall–Kier alpha value is -1.62. The predicted octanol–water partition coefficient (Wildman–Crippen LogP) is 3.44. The monoisotopic (exact) mass is 315 g/mol. The van der Waals surface area contributed by atoms with Gasteiger partial charge in [-0.25, -0.2) is 4.39 Å². The van der Waals surface area contributed by atoms with E-state index in [2.05, 4.69) is 4.74 Å². The van der Waals surface area contributed by atoms with Crippen molar-refractivity contribution in [3.8, 4) is 5.75 Å². The molecule has 1 aromatic carbocycles. The average molecular weight is 315 g/mol. The largest absolute Gasteiger partial charge is 0.491 e. The molecule has 0 bridgehead atoms. The summed E-state index contributed by atoms with van der Waals surface area (Å²) in [6.45, 7) is 10.3. The van der Waals surface area contributed by atoms with E-state index >= 15 is 0 Å². The van der Waals surface area contributed by atoms with Crippen LogP contribution in [0.15, 0.2) is 18.2 Å². The van der Waals surface area contributed by atoms with Crippen molar-refractivity contribution >= 4 is 6.47 Å². The molecule has 0 aliphatic rings. The van der Waals surface area contributed by atoms with Crippen LogP contribution in [-0.4, -0.2) is 32.4 Å². The van der Waals surface area contributed by atoms with Crippen molar-refractivity contribution in [2.24, 2.45) is 5.73 Å². The Kier molecular flexibility index (Phi) is 16.2. The number of alkyl halides is 1. The molecule has 0 unspecified atom stereocenters. The molecule has 0 aliphatic carbocycles. The van der Waals surface area contributed by atoms with Gasteiger partial charge in [-0.3, -0.25) is 4.79 Å². The normalized spacial score (nSPS) is 10.3. The highest BCUT2D eigenvalue weighted by Gasteiger charge is 2.04. The zero-order valence-corrected chi connectivity index (χ0v) is 14.4. The van der Waals surface area contributed by atoms with E-state index < -0.39 is 6.67 Å². The Morgan fingerprint density at radius 1 is 1.36 bits per heavy atom. The lowest BCUT2D eigenvalue weighted by atomic mass is 10.0. The molecule has 0 fully saturated rings. The Labute approximate surface area is 133 Å². The zero-order chi connectivity index (χ0) is 17.4. The summed E-state index contributed by atoms with van der Waals surface area (Å²) >= 11 is 0. The van der Waals surface area contributed by atoms with E-state index in [4.69, 9.17) is 10.5 Å². The molecular formula is C17H30FNO3. The summed E-state index contributed by atoms with van der Waals surface area (Å²) in [4.78, 5) is 9.18. The Morgan fingerprint density at radius 2 is 2.00 bits per heavy atom. The van der Waals surface area contributed by atoms with Gasteiger partial charge in [-0.15, -0.1) is 0 Å². The number of halogens is 1. The van der Waals surface area contributed by atoms with Crippen molar-refractivity contribution in [3.63, 3.8) is 0 Å². The molecule has 2 N–H and O–H groups in total. The van der Waals surface area contributed by atoms with Gasteiger partial charge in [0.1, 0.15) is 19.0 Å². The molecule has 0 saturated heterocycles. The molecule has 0 saturated carbocycles. The number of ether oxygens (including phenoxy) is 2. The topological polar surface area (TPSA) is 61.5 Å². The Morgan fingerprint density at radius 3 is 2.41 bits per heavy atom. The van der Waals surface area contributed by atoms with Crippen LogP contribution >= 0.6 is 0 Å². The maximum atomic E-state index is 11.9. The van der Waals surface area contributed by atoms with Crippen LogP contribution in [0.3, 0.4) is 0 Å². The third-order valence-corrected chi connectivity index (χ3v) is 2.44. The van der Waals surface area contributed by atoms with Crippen LogP contribution in [-0.2, 0) is 16.0 Å². The summed E-state index contributed by atoms with van der Waals surface area (Å²) in [5.41, 5.74) is 8.10. The van der Waals surface area contributed by atoms with Crippen molar-refractivity contribution in [3.05, 3.63) is 29.3 Å². The highest BCUT2D eigenvalue weighted by Crippen LogP contribution is 2.18. The summed E-state index contributed by atoms with van der Waals surface area (Å²) in [7, 11) is 0. The van der Waals surface area contributed by atoms with E-state index in [9.17, 15) is 9.18 Å². The van der Waals surface area contributed by atoms with Crippen LogP contribution in [0.4, 0.5) is 4.39 Å². The molecule has 0 aliphatic heterocycles. The molecule has 1 rings (SSSR count). The van der Waals surface area contributed by atoms with Crippen LogP contribution in [0.5, 0.6) is 5.75 Å². The molecular weight excluding hydrogens is 285 g/mol. The first-order valence-electron chi connectivity index (χ1n) is 7.64. The number of carbonyl (C=O) groups excluding carboxylic acids is 1. The fourth-order valence-corrected chi connectivity index (χ4v) is 1.53. The van der Waals surface area contributed by atoms with Gasteiger partial charge in [0.15, 0.2) is 0 Å². The number of benzene rings is 1. The third-order valence-electron chi connectivity index (χ3n) is 2.44. The van der Waals surface area contributed by atoms with Crippen LogP contribution in [0.25, 0.3) is 0 Å². The third kappa shape index (κ3) is 12.1. The highest BCUT2D eigenvalue weighted by molar-refractivity contribution is 5.36. The predicted molar refractivity (Wildman–Crippen MR) is 89.0 cm³/mol. The molecule has 4 nitrogen and oxygen atoms in total. The molecule has 5 heteroatoms. The second kappa shape index (κ2) is 15.8. The van der Waals surface area contributed by atoms with E-state index in [1.807, 2.05) is 45.9 Å². The second-order valence-electron chi connectivity index (χ2n) is 4.36. The maximum absolute atomic E-state index is 11.9. The van der Waals surface area contributed by atoms with E-state index in [1.165, 1.54) is 11.1 Å². The minimum atomic E-state index is -0.462. The Balaban J connectivity index is 0. The molecule has 0 aromatic heterocycles. The number of carbonyl (C=O) groups is 1. The first kappa shape index (κ1) is 22.7. The molecule has 1 atom stereocenters. The van der Waals surface area contributed by atoms with E-state index in [1.54, 1.807) is 6.92 Å². The van der Waals surface area contributed by atoms with Crippen molar-refractivity contribution in [2.45, 2.75) is 47.1 Å². The number of aryl methyl sites for hydroxylation is 1. The minimum absolute atomic E-state index is 0.112. The van der Waals surface area contributed by atoms with E-state index in [0.29, 0.717) is 18.8 Å². The number of rotatable bonds is 7. The van der Waals surface area contributed by atoms with Gasteiger partial charge in [0.05, 0.1) is 6.61 Å². The van der Waals surface area contributed by atoms with Gasteiger partial charge in [0.2, 0.25) is 0 Å². The van der Waals surface area contributed by atoms with Crippen LogP contribution < -0.4 is 10.5 Å². The number of nitrogens with two attached hydrogens (primary N) is 1. The van der Waals surface area contributed by atoms with Gasteiger partial charge >= 0.3 is 0 Å². The smallest absolute Gasteiger partial charge is 0.293 e. The quantitative estimate of drug-likeness (QED) is 0.783. The van der Waals surface area contributed by atoms with Crippen molar-refractivity contribution < 1.29 is 18.7 Å². The lowest BCUT2D eigenvalue weighted by molar-refractivity contribution is -0.128. The fraction of sp³-hybridized carbons (Fsp3) is 0.588. The first-order valence-corrected chi connectivity index (χ1v) is 7.64. The molecule has 22 heavy (non-hydrogen) atoms. The number of hydrogen-bond acceptors (Lipinski definition) is 4.